The Bertz CT molecular complexity index is 798. The highest BCUT2D eigenvalue weighted by Crippen LogP contribution is 2.45. The number of Topliss-reactive ketones (excluding diaryl/α,β-unsaturated/α-hetero) is 1. The summed E-state index contributed by atoms with van der Waals surface area (Å²) < 4.78 is 0. The molecule has 0 radical (unpaired) electrons. The Morgan fingerprint density at radius 3 is 2.64 bits per heavy atom. The lowest BCUT2D eigenvalue weighted by molar-refractivity contribution is -0.138. The van der Waals surface area contributed by atoms with Crippen molar-refractivity contribution in [1.29, 1.82) is 0 Å². The predicted octanol–water partition coefficient (Wildman–Crippen LogP) is 2.27. The number of ketones is 1. The molecule has 2 aromatic carbocycles. The van der Waals surface area contributed by atoms with Gasteiger partial charge < -0.3 is 10.4 Å². The van der Waals surface area contributed by atoms with Gasteiger partial charge in [-0.05, 0) is 24.5 Å². The summed E-state index contributed by atoms with van der Waals surface area (Å²) in [4.78, 5) is 25.2. The van der Waals surface area contributed by atoms with E-state index in [0.29, 0.717) is 29.7 Å². The first kappa shape index (κ1) is 13.2. The van der Waals surface area contributed by atoms with E-state index in [0.717, 1.165) is 5.56 Å². The maximum absolute atomic E-state index is 12.8. The fourth-order valence-corrected chi connectivity index (χ4v) is 3.61. The second-order valence-electron chi connectivity index (χ2n) is 5.88. The number of aryl methyl sites for hydroxylation is 1. The normalized spacial score (nSPS) is 26.3. The summed E-state index contributed by atoms with van der Waals surface area (Å²) in [5.41, 5.74) is 0.907. The van der Waals surface area contributed by atoms with Gasteiger partial charge in [0.1, 0.15) is 0 Å². The van der Waals surface area contributed by atoms with Crippen molar-refractivity contribution >= 4 is 17.4 Å². The van der Waals surface area contributed by atoms with Gasteiger partial charge in [-0.1, -0.05) is 42.5 Å². The van der Waals surface area contributed by atoms with Crippen molar-refractivity contribution in [2.24, 2.45) is 5.92 Å². The van der Waals surface area contributed by atoms with Crippen LogP contribution in [0.4, 0.5) is 5.69 Å². The molecule has 2 N–H and O–H groups in total. The van der Waals surface area contributed by atoms with E-state index in [9.17, 15) is 14.7 Å². The third kappa shape index (κ3) is 1.61. The number of para-hydroxylation sites is 1. The van der Waals surface area contributed by atoms with Crippen molar-refractivity contribution in [3.05, 3.63) is 65.2 Å². The lowest BCUT2D eigenvalue weighted by Gasteiger charge is -2.33. The zero-order chi connectivity index (χ0) is 15.3. The second-order valence-corrected chi connectivity index (χ2v) is 5.88. The van der Waals surface area contributed by atoms with Crippen molar-refractivity contribution in [3.8, 4) is 0 Å². The number of amides is 1. The maximum atomic E-state index is 12.8. The van der Waals surface area contributed by atoms with Gasteiger partial charge in [0, 0.05) is 16.8 Å². The lowest BCUT2D eigenvalue weighted by Crippen LogP contribution is -2.47. The molecule has 22 heavy (non-hydrogen) atoms. The van der Waals surface area contributed by atoms with E-state index in [2.05, 4.69) is 5.32 Å². The van der Waals surface area contributed by atoms with E-state index < -0.39 is 17.4 Å². The fourth-order valence-electron chi connectivity index (χ4n) is 3.61. The summed E-state index contributed by atoms with van der Waals surface area (Å²) in [6, 6.07) is 14.4. The topological polar surface area (TPSA) is 66.4 Å². The van der Waals surface area contributed by atoms with Crippen LogP contribution in [0, 0.1) is 5.92 Å². The summed E-state index contributed by atoms with van der Waals surface area (Å²) in [6.45, 7) is 0. The van der Waals surface area contributed by atoms with Gasteiger partial charge in [-0.3, -0.25) is 9.59 Å². The van der Waals surface area contributed by atoms with Gasteiger partial charge in [-0.25, -0.2) is 0 Å². The second kappa shape index (κ2) is 4.52. The van der Waals surface area contributed by atoms with Crippen LogP contribution in [0.1, 0.15) is 27.9 Å². The standard InChI is InChI=1S/C18H15NO3/c20-16-12-6-2-1-5-11(12)9-10-14(16)18(22)13-7-3-4-8-15(13)19-17(18)21/h1-8,14,22H,9-10H2,(H,19,21). The highest BCUT2D eigenvalue weighted by atomic mass is 16.3. The van der Waals surface area contributed by atoms with Gasteiger partial charge in [-0.2, -0.15) is 0 Å². The third-order valence-corrected chi connectivity index (χ3v) is 4.74. The van der Waals surface area contributed by atoms with E-state index in [1.807, 2.05) is 18.2 Å². The van der Waals surface area contributed by atoms with Gasteiger partial charge >= 0.3 is 0 Å². The molecule has 1 heterocycles. The van der Waals surface area contributed by atoms with Crippen molar-refractivity contribution in [2.75, 3.05) is 5.32 Å². The minimum atomic E-state index is -1.78. The molecule has 2 aromatic rings. The van der Waals surface area contributed by atoms with Crippen molar-refractivity contribution in [1.82, 2.24) is 0 Å². The zero-order valence-electron chi connectivity index (χ0n) is 11.9. The number of hydrogen-bond acceptors (Lipinski definition) is 3. The first-order valence-corrected chi connectivity index (χ1v) is 7.38. The molecule has 0 spiro atoms. The molecule has 110 valence electrons. The number of aliphatic hydroxyl groups is 1. The van der Waals surface area contributed by atoms with Crippen LogP contribution in [0.15, 0.2) is 48.5 Å². The van der Waals surface area contributed by atoms with Gasteiger partial charge in [0.2, 0.25) is 0 Å². The van der Waals surface area contributed by atoms with Crippen LogP contribution in [0.25, 0.3) is 0 Å². The van der Waals surface area contributed by atoms with Crippen molar-refractivity contribution in [2.45, 2.75) is 18.4 Å². The molecule has 0 saturated heterocycles. The van der Waals surface area contributed by atoms with Gasteiger partial charge in [0.15, 0.2) is 11.4 Å². The van der Waals surface area contributed by atoms with Crippen LogP contribution >= 0.6 is 0 Å². The molecule has 0 bridgehead atoms. The highest BCUT2D eigenvalue weighted by molar-refractivity contribution is 6.11. The average molecular weight is 293 g/mol. The molecule has 1 aliphatic heterocycles. The number of carbonyl (C=O) groups excluding carboxylic acids is 2. The van der Waals surface area contributed by atoms with Crippen LogP contribution in [0.3, 0.4) is 0 Å². The Labute approximate surface area is 127 Å². The molecule has 0 saturated carbocycles. The molecule has 4 rings (SSSR count). The van der Waals surface area contributed by atoms with Crippen LogP contribution in [0.5, 0.6) is 0 Å². The van der Waals surface area contributed by atoms with E-state index in [-0.39, 0.29) is 5.78 Å². The molecule has 0 fully saturated rings. The van der Waals surface area contributed by atoms with Gasteiger partial charge in [0.05, 0.1) is 5.92 Å². The Balaban J connectivity index is 1.83. The Morgan fingerprint density at radius 1 is 1.05 bits per heavy atom. The SMILES string of the molecule is O=C1c2ccccc2CCC1C1(O)C(=O)Nc2ccccc21. The van der Waals surface area contributed by atoms with E-state index in [4.69, 9.17) is 0 Å². The molecule has 4 heteroatoms. The van der Waals surface area contributed by atoms with Gasteiger partial charge in [0.25, 0.3) is 5.91 Å². The number of rotatable bonds is 1. The van der Waals surface area contributed by atoms with E-state index in [1.54, 1.807) is 30.3 Å². The third-order valence-electron chi connectivity index (χ3n) is 4.74. The number of carbonyl (C=O) groups is 2. The molecular weight excluding hydrogens is 278 g/mol. The lowest BCUT2D eigenvalue weighted by atomic mass is 9.71. The first-order valence-electron chi connectivity index (χ1n) is 7.38. The smallest absolute Gasteiger partial charge is 0.261 e. The zero-order valence-corrected chi connectivity index (χ0v) is 11.9. The van der Waals surface area contributed by atoms with Crippen LogP contribution in [0.2, 0.25) is 0 Å². The van der Waals surface area contributed by atoms with Crippen LogP contribution in [-0.2, 0) is 16.8 Å². The van der Waals surface area contributed by atoms with E-state index >= 15 is 0 Å². The maximum Gasteiger partial charge on any atom is 0.261 e. The summed E-state index contributed by atoms with van der Waals surface area (Å²) in [7, 11) is 0. The number of nitrogens with one attached hydrogen (secondary N) is 1. The molecule has 1 amide bonds. The Hall–Kier alpha value is -2.46. The summed E-state index contributed by atoms with van der Waals surface area (Å²) in [5, 5.41) is 13.8. The summed E-state index contributed by atoms with van der Waals surface area (Å²) in [5.74, 6) is -1.41. The quantitative estimate of drug-likeness (QED) is 0.847. The average Bonchev–Trinajstić information content (AvgIpc) is 2.80. The van der Waals surface area contributed by atoms with Crippen molar-refractivity contribution in [3.63, 3.8) is 0 Å². The molecule has 1 aliphatic carbocycles. The van der Waals surface area contributed by atoms with E-state index in [1.165, 1.54) is 0 Å². The van der Waals surface area contributed by atoms with Crippen LogP contribution in [-0.4, -0.2) is 16.8 Å². The number of hydrogen-bond donors (Lipinski definition) is 2. The summed E-state index contributed by atoms with van der Waals surface area (Å²) >= 11 is 0. The molecule has 4 nitrogen and oxygen atoms in total. The van der Waals surface area contributed by atoms with Crippen molar-refractivity contribution < 1.29 is 14.7 Å². The summed E-state index contributed by atoms with van der Waals surface area (Å²) in [6.07, 6.45) is 1.15. The monoisotopic (exact) mass is 293 g/mol. The molecular formula is C18H15NO3. The molecule has 2 aliphatic rings. The molecule has 0 aromatic heterocycles. The molecule has 2 unspecified atom stereocenters. The number of benzene rings is 2. The Kier molecular flexibility index (Phi) is 2.71. The fraction of sp³-hybridized carbons (Fsp3) is 0.222. The first-order chi connectivity index (χ1) is 10.6. The minimum absolute atomic E-state index is 0.156. The number of anilines is 1. The number of fused-ring (bicyclic) bond motifs is 2. The molecule has 2 atom stereocenters. The highest BCUT2D eigenvalue weighted by Gasteiger charge is 2.54. The predicted molar refractivity (Wildman–Crippen MR) is 81.6 cm³/mol. The largest absolute Gasteiger partial charge is 0.375 e. The minimum Gasteiger partial charge on any atom is -0.375 e. The van der Waals surface area contributed by atoms with Crippen LogP contribution < -0.4 is 5.32 Å². The van der Waals surface area contributed by atoms with Gasteiger partial charge in [-0.15, -0.1) is 0 Å². The Morgan fingerprint density at radius 2 is 1.77 bits per heavy atom.